The molecule has 1 aromatic carbocycles. The van der Waals surface area contributed by atoms with Gasteiger partial charge >= 0.3 is 0 Å². The van der Waals surface area contributed by atoms with Gasteiger partial charge < -0.3 is 5.32 Å². The summed E-state index contributed by atoms with van der Waals surface area (Å²) >= 11 is 0. The zero-order valence-electron chi connectivity index (χ0n) is 12.4. The van der Waals surface area contributed by atoms with E-state index in [0.717, 1.165) is 12.8 Å². The molecule has 1 N–H and O–H groups in total. The molecule has 2 unspecified atom stereocenters. The molecule has 2 heteroatoms. The summed E-state index contributed by atoms with van der Waals surface area (Å²) in [5.41, 5.74) is 2.74. The van der Waals surface area contributed by atoms with Crippen molar-refractivity contribution < 1.29 is 4.79 Å². The van der Waals surface area contributed by atoms with Gasteiger partial charge in [-0.1, -0.05) is 50.5 Å². The normalized spacial score (nSPS) is 26.2. The molecule has 0 aromatic heterocycles. The maximum Gasteiger partial charge on any atom is 0.220 e. The average molecular weight is 271 g/mol. The topological polar surface area (TPSA) is 29.1 Å². The fraction of sp³-hybridized carbons (Fsp3) is 0.611. The number of nitrogens with one attached hydrogen (secondary N) is 1. The number of benzene rings is 1. The highest BCUT2D eigenvalue weighted by Crippen LogP contribution is 2.36. The second-order valence-electron chi connectivity index (χ2n) is 6.63. The van der Waals surface area contributed by atoms with Crippen molar-refractivity contribution in [2.75, 3.05) is 0 Å². The van der Waals surface area contributed by atoms with Crippen molar-refractivity contribution in [2.45, 2.75) is 57.9 Å². The molecule has 1 amide bonds. The van der Waals surface area contributed by atoms with Crippen molar-refractivity contribution in [2.24, 2.45) is 11.8 Å². The smallest absolute Gasteiger partial charge is 0.220 e. The summed E-state index contributed by atoms with van der Waals surface area (Å²) in [7, 11) is 0. The number of amides is 1. The first-order valence-electron chi connectivity index (χ1n) is 8.11. The molecular weight excluding hydrogens is 246 g/mol. The van der Waals surface area contributed by atoms with E-state index in [1.807, 2.05) is 0 Å². The van der Waals surface area contributed by atoms with E-state index in [1.54, 1.807) is 0 Å². The van der Waals surface area contributed by atoms with E-state index >= 15 is 0 Å². The average Bonchev–Trinajstić information content (AvgIpc) is 2.76. The Bertz CT molecular complexity index is 476. The Kier molecular flexibility index (Phi) is 4.09. The standard InChI is InChI=1S/C18H25NO/c1-13-11-15-9-5-6-10-16(15)18(13)19-17(20)12-14-7-3-2-4-8-14/h5-6,9-10,13-14,18H,2-4,7-8,11-12H2,1H3,(H,19,20). The number of fused-ring (bicyclic) bond motifs is 1. The summed E-state index contributed by atoms with van der Waals surface area (Å²) in [5.74, 6) is 1.39. The molecule has 2 aliphatic rings. The van der Waals surface area contributed by atoms with E-state index in [4.69, 9.17) is 0 Å². The minimum absolute atomic E-state index is 0.224. The van der Waals surface area contributed by atoms with Crippen LogP contribution in [-0.4, -0.2) is 5.91 Å². The van der Waals surface area contributed by atoms with Gasteiger partial charge in [-0.15, -0.1) is 0 Å². The third-order valence-corrected chi connectivity index (χ3v) is 5.02. The van der Waals surface area contributed by atoms with Gasteiger partial charge in [0.1, 0.15) is 0 Å². The summed E-state index contributed by atoms with van der Waals surface area (Å²) < 4.78 is 0. The summed E-state index contributed by atoms with van der Waals surface area (Å²) in [6.45, 7) is 2.24. The number of carbonyl (C=O) groups is 1. The van der Waals surface area contributed by atoms with Gasteiger partial charge in [0.15, 0.2) is 0 Å². The zero-order chi connectivity index (χ0) is 13.9. The summed E-state index contributed by atoms with van der Waals surface area (Å²) in [4.78, 5) is 12.3. The molecule has 0 heterocycles. The van der Waals surface area contributed by atoms with Gasteiger partial charge in [-0.25, -0.2) is 0 Å². The largest absolute Gasteiger partial charge is 0.349 e. The van der Waals surface area contributed by atoms with Gasteiger partial charge in [0.2, 0.25) is 5.91 Å². The van der Waals surface area contributed by atoms with Gasteiger partial charge in [-0.05, 0) is 42.2 Å². The molecule has 2 atom stereocenters. The fourth-order valence-electron chi connectivity index (χ4n) is 3.90. The lowest BCUT2D eigenvalue weighted by Gasteiger charge is -2.23. The minimum atomic E-state index is 0.224. The highest BCUT2D eigenvalue weighted by molar-refractivity contribution is 5.77. The highest BCUT2D eigenvalue weighted by Gasteiger charge is 2.30. The Hall–Kier alpha value is -1.31. The third-order valence-electron chi connectivity index (χ3n) is 5.02. The Balaban J connectivity index is 1.61. The van der Waals surface area contributed by atoms with Crippen LogP contribution < -0.4 is 5.32 Å². The van der Waals surface area contributed by atoms with Crippen molar-refractivity contribution in [1.82, 2.24) is 5.32 Å². The maximum atomic E-state index is 12.3. The van der Waals surface area contributed by atoms with Crippen LogP contribution in [0.3, 0.4) is 0 Å². The van der Waals surface area contributed by atoms with E-state index in [-0.39, 0.29) is 11.9 Å². The molecule has 0 aliphatic heterocycles. The Morgan fingerprint density at radius 2 is 1.95 bits per heavy atom. The van der Waals surface area contributed by atoms with Gasteiger partial charge in [-0.2, -0.15) is 0 Å². The lowest BCUT2D eigenvalue weighted by Crippen LogP contribution is -2.32. The first kappa shape index (κ1) is 13.7. The predicted octanol–water partition coefficient (Wildman–Crippen LogP) is 4.01. The van der Waals surface area contributed by atoms with Crippen LogP contribution in [0.2, 0.25) is 0 Å². The lowest BCUT2D eigenvalue weighted by molar-refractivity contribution is -0.123. The predicted molar refractivity (Wildman–Crippen MR) is 81.4 cm³/mol. The van der Waals surface area contributed by atoms with Crippen molar-refractivity contribution >= 4 is 5.91 Å². The summed E-state index contributed by atoms with van der Waals surface area (Å²) in [5, 5.41) is 3.29. The molecule has 0 saturated heterocycles. The molecular formula is C18H25NO. The maximum absolute atomic E-state index is 12.3. The zero-order valence-corrected chi connectivity index (χ0v) is 12.4. The van der Waals surface area contributed by atoms with Crippen LogP contribution in [0.15, 0.2) is 24.3 Å². The molecule has 1 saturated carbocycles. The van der Waals surface area contributed by atoms with E-state index in [9.17, 15) is 4.79 Å². The summed E-state index contributed by atoms with van der Waals surface area (Å²) in [6.07, 6.45) is 8.26. The number of hydrogen-bond donors (Lipinski definition) is 1. The molecule has 108 valence electrons. The lowest BCUT2D eigenvalue weighted by atomic mass is 9.86. The molecule has 1 fully saturated rings. The van der Waals surface area contributed by atoms with Crippen molar-refractivity contribution in [1.29, 1.82) is 0 Å². The molecule has 3 rings (SSSR count). The van der Waals surface area contributed by atoms with E-state index in [1.165, 1.54) is 43.2 Å². The molecule has 0 spiro atoms. The first-order chi connectivity index (χ1) is 9.74. The fourth-order valence-corrected chi connectivity index (χ4v) is 3.90. The van der Waals surface area contributed by atoms with E-state index < -0.39 is 0 Å². The van der Waals surface area contributed by atoms with Crippen LogP contribution >= 0.6 is 0 Å². The molecule has 0 radical (unpaired) electrons. The van der Waals surface area contributed by atoms with Crippen LogP contribution in [0.25, 0.3) is 0 Å². The quantitative estimate of drug-likeness (QED) is 0.884. The number of rotatable bonds is 3. The first-order valence-corrected chi connectivity index (χ1v) is 8.11. The molecule has 2 nitrogen and oxygen atoms in total. The van der Waals surface area contributed by atoms with Crippen LogP contribution in [-0.2, 0) is 11.2 Å². The molecule has 0 bridgehead atoms. The Labute approximate surface area is 122 Å². The van der Waals surface area contributed by atoms with E-state index in [0.29, 0.717) is 11.8 Å². The van der Waals surface area contributed by atoms with Gasteiger partial charge in [-0.3, -0.25) is 4.79 Å². The Morgan fingerprint density at radius 3 is 2.75 bits per heavy atom. The third kappa shape index (κ3) is 2.89. The van der Waals surface area contributed by atoms with E-state index in [2.05, 4.69) is 36.5 Å². The monoisotopic (exact) mass is 271 g/mol. The van der Waals surface area contributed by atoms with Gasteiger partial charge in [0, 0.05) is 6.42 Å². The van der Waals surface area contributed by atoms with Crippen LogP contribution in [0.4, 0.5) is 0 Å². The van der Waals surface area contributed by atoms with Crippen LogP contribution in [0.5, 0.6) is 0 Å². The van der Waals surface area contributed by atoms with Crippen LogP contribution in [0, 0.1) is 11.8 Å². The van der Waals surface area contributed by atoms with Crippen molar-refractivity contribution in [3.05, 3.63) is 35.4 Å². The van der Waals surface area contributed by atoms with Crippen molar-refractivity contribution in [3.63, 3.8) is 0 Å². The highest BCUT2D eigenvalue weighted by atomic mass is 16.1. The van der Waals surface area contributed by atoms with Crippen LogP contribution in [0.1, 0.15) is 62.6 Å². The minimum Gasteiger partial charge on any atom is -0.349 e. The second kappa shape index (κ2) is 5.99. The van der Waals surface area contributed by atoms with Gasteiger partial charge in [0.25, 0.3) is 0 Å². The summed E-state index contributed by atoms with van der Waals surface area (Å²) in [6, 6.07) is 8.76. The second-order valence-corrected chi connectivity index (χ2v) is 6.63. The molecule has 1 aromatic rings. The van der Waals surface area contributed by atoms with Crippen molar-refractivity contribution in [3.8, 4) is 0 Å². The Morgan fingerprint density at radius 1 is 1.20 bits per heavy atom. The molecule has 20 heavy (non-hydrogen) atoms. The van der Waals surface area contributed by atoms with Gasteiger partial charge in [0.05, 0.1) is 6.04 Å². The molecule has 2 aliphatic carbocycles. The SMILES string of the molecule is CC1Cc2ccccc2C1NC(=O)CC1CCCCC1. The number of hydrogen-bond acceptors (Lipinski definition) is 1. The number of carbonyl (C=O) groups excluding carboxylic acids is 1.